The van der Waals surface area contributed by atoms with Crippen LogP contribution in [0.5, 0.6) is 0 Å². The SMILES string of the molecule is CC(C)(C)c1[nH]cnc1C(=O)Nc1ccc(Cl)c(C(=O)NC2CC2)c1. The van der Waals surface area contributed by atoms with Crippen molar-refractivity contribution in [1.82, 2.24) is 15.3 Å². The molecule has 0 atom stereocenters. The summed E-state index contributed by atoms with van der Waals surface area (Å²) in [6.07, 6.45) is 3.49. The second kappa shape index (κ2) is 6.52. The van der Waals surface area contributed by atoms with Crippen molar-refractivity contribution in [1.29, 1.82) is 0 Å². The number of carbonyl (C=O) groups excluding carboxylic acids is 2. The Morgan fingerprint density at radius 2 is 1.96 bits per heavy atom. The fourth-order valence-corrected chi connectivity index (χ4v) is 2.70. The average molecular weight is 361 g/mol. The van der Waals surface area contributed by atoms with Gasteiger partial charge in [0.1, 0.15) is 5.69 Å². The molecule has 0 aliphatic heterocycles. The number of hydrogen-bond donors (Lipinski definition) is 3. The highest BCUT2D eigenvalue weighted by Crippen LogP contribution is 2.26. The summed E-state index contributed by atoms with van der Waals surface area (Å²) in [4.78, 5) is 32.0. The summed E-state index contributed by atoms with van der Waals surface area (Å²) in [5, 5.41) is 6.04. The van der Waals surface area contributed by atoms with Gasteiger partial charge in [-0.05, 0) is 31.0 Å². The molecule has 1 aliphatic carbocycles. The summed E-state index contributed by atoms with van der Waals surface area (Å²) in [6, 6.07) is 5.09. The highest BCUT2D eigenvalue weighted by atomic mass is 35.5. The highest BCUT2D eigenvalue weighted by Gasteiger charge is 2.26. The van der Waals surface area contributed by atoms with E-state index < -0.39 is 0 Å². The molecule has 0 spiro atoms. The summed E-state index contributed by atoms with van der Waals surface area (Å²) in [5.74, 6) is -0.555. The number of hydrogen-bond acceptors (Lipinski definition) is 3. The Hall–Kier alpha value is -2.34. The minimum Gasteiger partial charge on any atom is -0.349 e. The van der Waals surface area contributed by atoms with Crippen LogP contribution in [0.25, 0.3) is 0 Å². The summed E-state index contributed by atoms with van der Waals surface area (Å²) in [7, 11) is 0. The molecule has 2 amide bonds. The minimum atomic E-state index is -0.331. The van der Waals surface area contributed by atoms with E-state index in [0.29, 0.717) is 22.0 Å². The molecule has 1 aliphatic rings. The molecule has 1 saturated carbocycles. The molecule has 132 valence electrons. The van der Waals surface area contributed by atoms with Gasteiger partial charge in [-0.3, -0.25) is 9.59 Å². The van der Waals surface area contributed by atoms with Crippen LogP contribution < -0.4 is 10.6 Å². The third-order valence-electron chi connectivity index (χ3n) is 3.99. The lowest BCUT2D eigenvalue weighted by Crippen LogP contribution is -2.26. The first-order valence-electron chi connectivity index (χ1n) is 8.21. The van der Waals surface area contributed by atoms with E-state index in [2.05, 4.69) is 20.6 Å². The van der Waals surface area contributed by atoms with Crippen molar-refractivity contribution in [3.05, 3.63) is 46.5 Å². The molecule has 0 radical (unpaired) electrons. The van der Waals surface area contributed by atoms with E-state index in [0.717, 1.165) is 18.5 Å². The van der Waals surface area contributed by atoms with Crippen LogP contribution in [0.4, 0.5) is 5.69 Å². The normalized spacial score (nSPS) is 14.2. The Morgan fingerprint density at radius 3 is 2.60 bits per heavy atom. The molecule has 0 bridgehead atoms. The third kappa shape index (κ3) is 4.02. The zero-order valence-corrected chi connectivity index (χ0v) is 15.2. The van der Waals surface area contributed by atoms with Gasteiger partial charge in [0, 0.05) is 17.1 Å². The Bertz CT molecular complexity index is 819. The van der Waals surface area contributed by atoms with Crippen LogP contribution in [0.2, 0.25) is 5.02 Å². The Labute approximate surface area is 151 Å². The van der Waals surface area contributed by atoms with E-state index in [1.807, 2.05) is 20.8 Å². The molecule has 1 aromatic heterocycles. The summed E-state index contributed by atoms with van der Waals surface area (Å²) in [5.41, 5.74) is 1.71. The second-order valence-electron chi connectivity index (χ2n) is 7.27. The van der Waals surface area contributed by atoms with Crippen molar-refractivity contribution in [2.24, 2.45) is 0 Å². The molecule has 1 aromatic carbocycles. The topological polar surface area (TPSA) is 86.9 Å². The zero-order chi connectivity index (χ0) is 18.2. The van der Waals surface area contributed by atoms with E-state index >= 15 is 0 Å². The molecular formula is C18H21ClN4O2. The van der Waals surface area contributed by atoms with Crippen LogP contribution in [0.15, 0.2) is 24.5 Å². The zero-order valence-electron chi connectivity index (χ0n) is 14.4. The maximum atomic E-state index is 12.6. The van der Waals surface area contributed by atoms with E-state index in [1.54, 1.807) is 18.2 Å². The number of halogens is 1. The van der Waals surface area contributed by atoms with Crippen LogP contribution in [-0.2, 0) is 5.41 Å². The highest BCUT2D eigenvalue weighted by molar-refractivity contribution is 6.34. The van der Waals surface area contributed by atoms with E-state index in [1.165, 1.54) is 6.33 Å². The third-order valence-corrected chi connectivity index (χ3v) is 4.32. The molecule has 2 aromatic rings. The molecule has 6 nitrogen and oxygen atoms in total. The standard InChI is InChI=1S/C18H21ClN4O2/c1-18(2,3)15-14(20-9-21-15)17(25)23-11-6-7-13(19)12(8-11)16(24)22-10-4-5-10/h6-10H,4-5H2,1-3H3,(H,20,21)(H,22,24)(H,23,25). The first kappa shape index (κ1) is 17.5. The number of rotatable bonds is 4. The van der Waals surface area contributed by atoms with Gasteiger partial charge in [0.05, 0.1) is 22.6 Å². The fourth-order valence-electron chi connectivity index (χ4n) is 2.50. The van der Waals surface area contributed by atoms with Gasteiger partial charge < -0.3 is 15.6 Å². The number of H-pyrrole nitrogens is 1. The Morgan fingerprint density at radius 1 is 1.24 bits per heavy atom. The Kier molecular flexibility index (Phi) is 4.56. The van der Waals surface area contributed by atoms with Gasteiger partial charge in [0.15, 0.2) is 0 Å². The van der Waals surface area contributed by atoms with Crippen LogP contribution in [-0.4, -0.2) is 27.8 Å². The van der Waals surface area contributed by atoms with Crippen LogP contribution in [0, 0.1) is 0 Å². The lowest BCUT2D eigenvalue weighted by atomic mass is 9.90. The smallest absolute Gasteiger partial charge is 0.276 e. The molecule has 1 heterocycles. The molecular weight excluding hydrogens is 340 g/mol. The number of benzene rings is 1. The van der Waals surface area contributed by atoms with Crippen molar-refractivity contribution in [3.63, 3.8) is 0 Å². The second-order valence-corrected chi connectivity index (χ2v) is 7.68. The maximum Gasteiger partial charge on any atom is 0.276 e. The van der Waals surface area contributed by atoms with Gasteiger partial charge in [0.25, 0.3) is 11.8 Å². The van der Waals surface area contributed by atoms with E-state index in [9.17, 15) is 9.59 Å². The average Bonchev–Trinajstić information content (AvgIpc) is 3.18. The first-order chi connectivity index (χ1) is 11.8. The van der Waals surface area contributed by atoms with Crippen molar-refractivity contribution in [2.45, 2.75) is 45.1 Å². The van der Waals surface area contributed by atoms with Crippen LogP contribution >= 0.6 is 11.6 Å². The summed E-state index contributed by atoms with van der Waals surface area (Å²) < 4.78 is 0. The molecule has 3 N–H and O–H groups in total. The predicted octanol–water partition coefficient (Wildman–Crippen LogP) is 3.51. The van der Waals surface area contributed by atoms with Gasteiger partial charge in [-0.2, -0.15) is 0 Å². The van der Waals surface area contributed by atoms with Crippen molar-refractivity contribution < 1.29 is 9.59 Å². The number of imidazole rings is 1. The molecule has 25 heavy (non-hydrogen) atoms. The number of nitrogens with zero attached hydrogens (tertiary/aromatic N) is 1. The molecule has 1 fully saturated rings. The lowest BCUT2D eigenvalue weighted by molar-refractivity contribution is 0.0949. The lowest BCUT2D eigenvalue weighted by Gasteiger charge is -2.18. The first-order valence-corrected chi connectivity index (χ1v) is 8.59. The molecule has 3 rings (SSSR count). The predicted molar refractivity (Wildman–Crippen MR) is 97.2 cm³/mol. The number of anilines is 1. The van der Waals surface area contributed by atoms with Crippen molar-refractivity contribution >= 4 is 29.1 Å². The van der Waals surface area contributed by atoms with Crippen LogP contribution in [0.1, 0.15) is 60.2 Å². The van der Waals surface area contributed by atoms with E-state index in [4.69, 9.17) is 11.6 Å². The molecule has 0 saturated heterocycles. The number of aromatic nitrogens is 2. The Balaban J connectivity index is 1.80. The summed E-state index contributed by atoms with van der Waals surface area (Å²) >= 11 is 6.13. The van der Waals surface area contributed by atoms with Gasteiger partial charge in [-0.15, -0.1) is 0 Å². The maximum absolute atomic E-state index is 12.6. The number of aromatic amines is 1. The largest absolute Gasteiger partial charge is 0.349 e. The van der Waals surface area contributed by atoms with Gasteiger partial charge in [-0.1, -0.05) is 32.4 Å². The number of nitrogens with one attached hydrogen (secondary N) is 3. The fraction of sp³-hybridized carbons (Fsp3) is 0.389. The molecule has 7 heteroatoms. The van der Waals surface area contributed by atoms with Crippen molar-refractivity contribution in [3.8, 4) is 0 Å². The number of amides is 2. The number of carbonyl (C=O) groups is 2. The quantitative estimate of drug-likeness (QED) is 0.779. The summed E-state index contributed by atoms with van der Waals surface area (Å²) in [6.45, 7) is 6.00. The van der Waals surface area contributed by atoms with Gasteiger partial charge in [0.2, 0.25) is 0 Å². The monoisotopic (exact) mass is 360 g/mol. The van der Waals surface area contributed by atoms with Crippen molar-refractivity contribution in [2.75, 3.05) is 5.32 Å². The van der Waals surface area contributed by atoms with E-state index in [-0.39, 0.29) is 23.3 Å². The molecule has 0 unspecified atom stereocenters. The van der Waals surface area contributed by atoms with Crippen LogP contribution in [0.3, 0.4) is 0 Å². The van der Waals surface area contributed by atoms with Gasteiger partial charge in [-0.25, -0.2) is 4.98 Å². The van der Waals surface area contributed by atoms with Gasteiger partial charge >= 0.3 is 0 Å². The minimum absolute atomic E-state index is 0.223.